The molecule has 134 valence electrons. The lowest BCUT2D eigenvalue weighted by Gasteiger charge is -2.47. The molecule has 2 N–H and O–H groups in total. The Balaban J connectivity index is 0.00000225. The molecule has 11 heteroatoms. The number of benzene rings is 1. The first-order chi connectivity index (χ1) is 11.4. The van der Waals surface area contributed by atoms with Crippen molar-refractivity contribution in [3.63, 3.8) is 0 Å². The van der Waals surface area contributed by atoms with E-state index in [2.05, 4.69) is 0 Å². The molecule has 1 aromatic carbocycles. The number of amides is 1. The second kappa shape index (κ2) is 7.61. The van der Waals surface area contributed by atoms with Gasteiger partial charge in [0.15, 0.2) is 0 Å². The van der Waals surface area contributed by atoms with Gasteiger partial charge in [-0.15, -0.1) is 24.2 Å². The lowest BCUT2D eigenvalue weighted by Crippen LogP contribution is -2.68. The summed E-state index contributed by atoms with van der Waals surface area (Å²) in [5.74, 6) is -0.706. The molecule has 0 saturated carbocycles. The summed E-state index contributed by atoms with van der Waals surface area (Å²) in [7, 11) is 0. The minimum absolute atomic E-state index is 0. The molecule has 2 aliphatic heterocycles. The van der Waals surface area contributed by atoms with Gasteiger partial charge in [0.1, 0.15) is 23.7 Å². The predicted octanol–water partition coefficient (Wildman–Crippen LogP) is 1.75. The standard InChI is InChI=1S/C14H12ClN3O5S.ClH/c15-9-6-24-13-10(16)12(19)17(13)11(9)14(20)23-5-7-1-3-8(4-2-7)18(21)22;/h1-4,10,13H,5-6,16H2;1H. The number of nitro benzene ring substituents is 1. The van der Waals surface area contributed by atoms with E-state index in [0.29, 0.717) is 11.3 Å². The maximum atomic E-state index is 12.3. The second-order valence-corrected chi connectivity index (χ2v) is 6.75. The van der Waals surface area contributed by atoms with E-state index in [0.717, 1.165) is 0 Å². The largest absolute Gasteiger partial charge is 0.456 e. The Hall–Kier alpha value is -1.81. The zero-order valence-electron chi connectivity index (χ0n) is 12.6. The third-order valence-electron chi connectivity index (χ3n) is 3.67. The molecule has 8 nitrogen and oxygen atoms in total. The Morgan fingerprint density at radius 2 is 2.08 bits per heavy atom. The molecule has 1 saturated heterocycles. The number of fused-ring (bicyclic) bond motifs is 1. The average molecular weight is 406 g/mol. The average Bonchev–Trinajstić information content (AvgIpc) is 2.59. The molecule has 25 heavy (non-hydrogen) atoms. The van der Waals surface area contributed by atoms with Crippen molar-refractivity contribution in [3.05, 3.63) is 50.7 Å². The summed E-state index contributed by atoms with van der Waals surface area (Å²) in [4.78, 5) is 35.5. The van der Waals surface area contributed by atoms with Crippen LogP contribution in [0.1, 0.15) is 5.56 Å². The number of rotatable bonds is 4. The summed E-state index contributed by atoms with van der Waals surface area (Å²) < 4.78 is 5.18. The first-order valence-electron chi connectivity index (χ1n) is 6.89. The Labute approximate surface area is 157 Å². The number of nitrogens with two attached hydrogens (primary N) is 1. The Bertz CT molecular complexity index is 755. The summed E-state index contributed by atoms with van der Waals surface area (Å²) in [5.41, 5.74) is 6.26. The highest BCUT2D eigenvalue weighted by Gasteiger charge is 2.52. The third kappa shape index (κ3) is 3.59. The van der Waals surface area contributed by atoms with Crippen LogP contribution in [0.15, 0.2) is 35.0 Å². The summed E-state index contributed by atoms with van der Waals surface area (Å²) in [5, 5.41) is 10.5. The normalized spacial score (nSPS) is 21.8. The number of non-ortho nitro benzene ring substituents is 1. The monoisotopic (exact) mass is 405 g/mol. The van der Waals surface area contributed by atoms with E-state index in [-0.39, 0.29) is 46.7 Å². The van der Waals surface area contributed by atoms with Gasteiger partial charge in [-0.25, -0.2) is 4.79 Å². The summed E-state index contributed by atoms with van der Waals surface area (Å²) >= 11 is 7.46. The van der Waals surface area contributed by atoms with E-state index in [1.54, 1.807) is 0 Å². The molecule has 1 fully saturated rings. The molecular weight excluding hydrogens is 393 g/mol. The van der Waals surface area contributed by atoms with Crippen molar-refractivity contribution in [1.29, 1.82) is 0 Å². The van der Waals surface area contributed by atoms with Gasteiger partial charge in [0.2, 0.25) is 5.91 Å². The quantitative estimate of drug-likeness (QED) is 0.351. The number of esters is 1. The van der Waals surface area contributed by atoms with Gasteiger partial charge in [-0.3, -0.25) is 19.8 Å². The maximum Gasteiger partial charge on any atom is 0.356 e. The van der Waals surface area contributed by atoms with Gasteiger partial charge in [0.05, 0.1) is 9.96 Å². The molecular formula is C14H13Cl2N3O5S. The van der Waals surface area contributed by atoms with Crippen molar-refractivity contribution >= 4 is 53.3 Å². The van der Waals surface area contributed by atoms with Gasteiger partial charge in [0, 0.05) is 17.9 Å². The van der Waals surface area contributed by atoms with Crippen LogP contribution in [0.3, 0.4) is 0 Å². The van der Waals surface area contributed by atoms with Crippen LogP contribution in [-0.4, -0.2) is 38.9 Å². The topological polar surface area (TPSA) is 116 Å². The van der Waals surface area contributed by atoms with E-state index in [1.807, 2.05) is 0 Å². The van der Waals surface area contributed by atoms with Crippen LogP contribution in [-0.2, 0) is 20.9 Å². The lowest BCUT2D eigenvalue weighted by molar-refractivity contribution is -0.384. The number of β-lactam (4-membered cyclic amide) rings is 1. The van der Waals surface area contributed by atoms with Crippen LogP contribution in [0.2, 0.25) is 0 Å². The molecule has 0 radical (unpaired) electrons. The minimum Gasteiger partial charge on any atom is -0.456 e. The second-order valence-electron chi connectivity index (χ2n) is 5.19. The summed E-state index contributed by atoms with van der Waals surface area (Å²) in [6, 6.07) is 4.98. The number of halogens is 2. The zero-order chi connectivity index (χ0) is 17.4. The van der Waals surface area contributed by atoms with Crippen LogP contribution in [0.4, 0.5) is 5.69 Å². The molecule has 0 bridgehead atoms. The van der Waals surface area contributed by atoms with Crippen molar-refractivity contribution in [2.45, 2.75) is 18.0 Å². The highest BCUT2D eigenvalue weighted by Crippen LogP contribution is 2.40. The molecule has 0 aromatic heterocycles. The highest BCUT2D eigenvalue weighted by atomic mass is 35.5. The van der Waals surface area contributed by atoms with Crippen LogP contribution in [0.25, 0.3) is 0 Å². The van der Waals surface area contributed by atoms with Crippen LogP contribution in [0.5, 0.6) is 0 Å². The minimum atomic E-state index is -0.719. The molecule has 2 heterocycles. The first-order valence-corrected chi connectivity index (χ1v) is 8.32. The van der Waals surface area contributed by atoms with Crippen molar-refractivity contribution in [3.8, 4) is 0 Å². The molecule has 2 aliphatic rings. The molecule has 2 unspecified atom stereocenters. The van der Waals surface area contributed by atoms with Gasteiger partial charge < -0.3 is 10.5 Å². The van der Waals surface area contributed by atoms with E-state index in [1.165, 1.54) is 40.9 Å². The summed E-state index contributed by atoms with van der Waals surface area (Å²) in [6.45, 7) is -0.0869. The Kier molecular flexibility index (Phi) is 5.94. The fraction of sp³-hybridized carbons (Fsp3) is 0.286. The van der Waals surface area contributed by atoms with Gasteiger partial charge in [0.25, 0.3) is 5.69 Å². The van der Waals surface area contributed by atoms with E-state index >= 15 is 0 Å². The fourth-order valence-electron chi connectivity index (χ4n) is 2.40. The number of nitrogens with zero attached hydrogens (tertiary/aromatic N) is 2. The van der Waals surface area contributed by atoms with Gasteiger partial charge in [-0.2, -0.15) is 0 Å². The van der Waals surface area contributed by atoms with Crippen LogP contribution >= 0.6 is 35.8 Å². The van der Waals surface area contributed by atoms with E-state index in [4.69, 9.17) is 22.1 Å². The lowest BCUT2D eigenvalue weighted by atomic mass is 10.1. The van der Waals surface area contributed by atoms with Crippen molar-refractivity contribution in [1.82, 2.24) is 4.90 Å². The Morgan fingerprint density at radius 3 is 2.68 bits per heavy atom. The number of nitro groups is 1. The van der Waals surface area contributed by atoms with Crippen molar-refractivity contribution in [2.75, 3.05) is 5.75 Å². The smallest absolute Gasteiger partial charge is 0.356 e. The zero-order valence-corrected chi connectivity index (χ0v) is 15.0. The SMILES string of the molecule is Cl.NC1C(=O)N2C(C(=O)OCc3ccc([N+](=O)[O-])cc3)=C(Cl)CSC12. The molecule has 0 spiro atoms. The number of carbonyl (C=O) groups excluding carboxylic acids is 2. The van der Waals surface area contributed by atoms with Gasteiger partial charge in [-0.1, -0.05) is 11.6 Å². The van der Waals surface area contributed by atoms with Crippen molar-refractivity contribution in [2.24, 2.45) is 5.73 Å². The molecule has 1 aromatic rings. The number of ether oxygens (including phenoxy) is 1. The third-order valence-corrected chi connectivity index (χ3v) is 5.45. The number of thioether (sulfide) groups is 1. The highest BCUT2D eigenvalue weighted by molar-refractivity contribution is 8.00. The van der Waals surface area contributed by atoms with Crippen LogP contribution in [0, 0.1) is 10.1 Å². The fourth-order valence-corrected chi connectivity index (χ4v) is 3.89. The van der Waals surface area contributed by atoms with Gasteiger partial charge >= 0.3 is 5.97 Å². The van der Waals surface area contributed by atoms with E-state index in [9.17, 15) is 19.7 Å². The first kappa shape index (κ1) is 19.5. The molecule has 2 atom stereocenters. The molecule has 0 aliphatic carbocycles. The number of carbonyl (C=O) groups is 2. The maximum absolute atomic E-state index is 12.3. The van der Waals surface area contributed by atoms with Crippen molar-refractivity contribution < 1.29 is 19.2 Å². The van der Waals surface area contributed by atoms with Crippen LogP contribution < -0.4 is 5.73 Å². The Morgan fingerprint density at radius 1 is 1.44 bits per heavy atom. The predicted molar refractivity (Wildman–Crippen MR) is 94.1 cm³/mol. The van der Waals surface area contributed by atoms with E-state index < -0.39 is 16.9 Å². The molecule has 3 rings (SSSR count). The van der Waals surface area contributed by atoms with Gasteiger partial charge in [-0.05, 0) is 17.7 Å². The number of hydrogen-bond acceptors (Lipinski definition) is 7. The summed E-state index contributed by atoms with van der Waals surface area (Å²) in [6.07, 6.45) is 0. The molecule has 1 amide bonds. The number of hydrogen-bond donors (Lipinski definition) is 1.